The molecule has 0 saturated heterocycles. The van der Waals surface area contributed by atoms with Crippen molar-refractivity contribution in [3.63, 3.8) is 0 Å². The lowest BCUT2D eigenvalue weighted by Crippen LogP contribution is -2.15. The van der Waals surface area contributed by atoms with Crippen LogP contribution in [0.25, 0.3) is 10.8 Å². The van der Waals surface area contributed by atoms with Crippen LogP contribution >= 0.6 is 24.4 Å². The zero-order valence-corrected chi connectivity index (χ0v) is 32.3. The third-order valence-electron chi connectivity index (χ3n) is 6.80. The highest BCUT2D eigenvalue weighted by Crippen LogP contribution is 2.49. The Balaban J connectivity index is 1.71. The minimum absolute atomic E-state index is 0.0634. The topological polar surface area (TPSA) is 369 Å². The first-order valence-corrected chi connectivity index (χ1v) is 21.9. The predicted molar refractivity (Wildman–Crippen MR) is 192 cm³/mol. The number of nitrogen functional groups attached to an aromatic ring is 1. The third-order valence-corrected chi connectivity index (χ3v) is 12.5. The van der Waals surface area contributed by atoms with Gasteiger partial charge in [0.1, 0.15) is 16.3 Å². The zero-order valence-electron chi connectivity index (χ0n) is 27.4. The summed E-state index contributed by atoms with van der Waals surface area (Å²) in [6.07, 6.45) is 0. The largest absolute Gasteiger partial charge is 0.505 e. The van der Waals surface area contributed by atoms with Gasteiger partial charge in [0.15, 0.2) is 37.7 Å². The fraction of sp³-hybridized carbons (Fsp3) is 0.154. The number of nitrogens with zero attached hydrogens (tertiary/aromatic N) is 4. The van der Waals surface area contributed by atoms with Gasteiger partial charge < -0.3 is 10.8 Å². The van der Waals surface area contributed by atoms with E-state index in [4.69, 9.17) is 25.0 Å². The maximum Gasteiger partial charge on any atom is 0.397 e. The highest BCUT2D eigenvalue weighted by atomic mass is 32.3. The standard InChI is InChI=1S/C26H25N5O19S6/c27-23-22-15(14-21(55(39,40)41)25(23)31-29-17-3-7-19(8-4-17)54(37,38)12-10-46-56(42,43)44)13-20(51-49-47-33)24(26(22)32)30-28-16-1-5-18(6-2-16)53(35,36)11-9-45-52-50-48-34/h1-8,13-14,32-34H,9-12,27H2,(H,39,40,41)(H,42,43,44)/b30-28+,31-29+. The number of nitrogens with two attached hydrogens (primary N) is 1. The number of azo groups is 2. The van der Waals surface area contributed by atoms with Crippen LogP contribution in [-0.4, -0.2) is 83.1 Å². The van der Waals surface area contributed by atoms with Crippen LogP contribution < -0.4 is 5.73 Å². The first-order valence-electron chi connectivity index (χ1n) is 14.4. The molecule has 4 aromatic carbocycles. The second kappa shape index (κ2) is 19.0. The van der Waals surface area contributed by atoms with Crippen LogP contribution in [0.2, 0.25) is 0 Å². The van der Waals surface area contributed by atoms with E-state index in [1.54, 1.807) is 0 Å². The van der Waals surface area contributed by atoms with E-state index >= 15 is 0 Å². The monoisotopic (exact) mass is 903 g/mol. The summed E-state index contributed by atoms with van der Waals surface area (Å²) in [5, 5.41) is 50.3. The first kappa shape index (κ1) is 44.8. The summed E-state index contributed by atoms with van der Waals surface area (Å²) in [5.74, 6) is -2.06. The van der Waals surface area contributed by atoms with Crippen LogP contribution in [0.5, 0.6) is 5.75 Å². The van der Waals surface area contributed by atoms with Crippen molar-refractivity contribution >= 4 is 104 Å². The van der Waals surface area contributed by atoms with Gasteiger partial charge in [-0.2, -0.15) is 27.1 Å². The van der Waals surface area contributed by atoms with Crippen molar-refractivity contribution in [2.75, 3.05) is 30.5 Å². The van der Waals surface area contributed by atoms with E-state index in [9.17, 15) is 43.3 Å². The molecule has 0 aromatic heterocycles. The fourth-order valence-corrected chi connectivity index (χ4v) is 8.44. The first-order chi connectivity index (χ1) is 26.3. The molecule has 56 heavy (non-hydrogen) atoms. The van der Waals surface area contributed by atoms with Crippen LogP contribution in [0.15, 0.2) is 101 Å². The van der Waals surface area contributed by atoms with Crippen molar-refractivity contribution in [3.05, 3.63) is 60.7 Å². The number of sulfone groups is 2. The van der Waals surface area contributed by atoms with E-state index in [1.165, 1.54) is 24.3 Å². The molecule has 0 spiro atoms. The molecule has 4 rings (SSSR count). The molecule has 0 aliphatic heterocycles. The van der Waals surface area contributed by atoms with Crippen LogP contribution in [0.3, 0.4) is 0 Å². The van der Waals surface area contributed by atoms with Gasteiger partial charge in [0.25, 0.3) is 10.1 Å². The lowest BCUT2D eigenvalue weighted by Gasteiger charge is -2.14. The quantitative estimate of drug-likeness (QED) is 0.0129. The number of phenolic OH excluding ortho intramolecular Hbond substituents is 1. The van der Waals surface area contributed by atoms with E-state index in [2.05, 4.69) is 43.4 Å². The summed E-state index contributed by atoms with van der Waals surface area (Å²) in [4.78, 5) is -1.48. The molecule has 0 radical (unpaired) electrons. The Kier molecular flexibility index (Phi) is 15.2. The Labute approximate surface area is 324 Å². The molecule has 0 aliphatic carbocycles. The Hall–Kier alpha value is -3.96. The van der Waals surface area contributed by atoms with Crippen LogP contribution in [0.1, 0.15) is 0 Å². The van der Waals surface area contributed by atoms with Gasteiger partial charge in [-0.15, -0.1) is 18.9 Å². The van der Waals surface area contributed by atoms with Gasteiger partial charge in [0.2, 0.25) is 0 Å². The molecule has 0 fully saturated rings. The lowest BCUT2D eigenvalue weighted by molar-refractivity contribution is -0.434. The normalized spacial score (nSPS) is 13.0. The van der Waals surface area contributed by atoms with Crippen molar-refractivity contribution in [1.29, 1.82) is 0 Å². The molecule has 7 N–H and O–H groups in total. The van der Waals surface area contributed by atoms with E-state index in [0.717, 1.165) is 36.4 Å². The van der Waals surface area contributed by atoms with E-state index < -0.39 is 86.0 Å². The zero-order chi connectivity index (χ0) is 41.3. The van der Waals surface area contributed by atoms with Crippen LogP contribution in [-0.2, 0) is 67.3 Å². The highest BCUT2D eigenvalue weighted by Gasteiger charge is 2.26. The Morgan fingerprint density at radius 1 is 0.679 bits per heavy atom. The number of hydrogen-bond acceptors (Lipinski definition) is 24. The minimum atomic E-state index is -5.10. The Bertz CT molecular complexity index is 2560. The van der Waals surface area contributed by atoms with E-state index in [1.807, 2.05) is 0 Å². The summed E-state index contributed by atoms with van der Waals surface area (Å²) in [6.45, 7) is -1.21. The Morgan fingerprint density at radius 3 is 1.70 bits per heavy atom. The van der Waals surface area contributed by atoms with Gasteiger partial charge in [0.05, 0.1) is 73.9 Å². The summed E-state index contributed by atoms with van der Waals surface area (Å²) in [7, 11) is -17.9. The summed E-state index contributed by atoms with van der Waals surface area (Å²) < 4.78 is 132. The Morgan fingerprint density at radius 2 is 1.20 bits per heavy atom. The number of benzene rings is 4. The van der Waals surface area contributed by atoms with Crippen molar-refractivity contribution in [1.82, 2.24) is 0 Å². The molecule has 30 heteroatoms. The molecular weight excluding hydrogens is 879 g/mol. The van der Waals surface area contributed by atoms with Gasteiger partial charge in [-0.3, -0.25) is 13.3 Å². The maximum atomic E-state index is 12.6. The van der Waals surface area contributed by atoms with Gasteiger partial charge >= 0.3 is 10.4 Å². The van der Waals surface area contributed by atoms with Gasteiger partial charge in [-0.05, 0) is 66.0 Å². The van der Waals surface area contributed by atoms with Crippen molar-refractivity contribution in [2.24, 2.45) is 20.5 Å². The number of phenols is 1. The molecule has 0 bridgehead atoms. The van der Waals surface area contributed by atoms with Crippen molar-refractivity contribution in [3.8, 4) is 5.75 Å². The second-order valence-electron chi connectivity index (χ2n) is 10.3. The highest BCUT2D eigenvalue weighted by molar-refractivity contribution is 7.94. The third kappa shape index (κ3) is 12.0. The van der Waals surface area contributed by atoms with E-state index in [0.29, 0.717) is 0 Å². The molecule has 304 valence electrons. The predicted octanol–water partition coefficient (Wildman–Crippen LogP) is 5.00. The molecule has 0 saturated carbocycles. The van der Waals surface area contributed by atoms with Crippen LogP contribution in [0, 0.1) is 0 Å². The SMILES string of the molecule is Nc1c(/N=N/c2ccc(S(=O)(=O)CCOS(=O)(=O)O)cc2)c(S(=O)(=O)O)cc2cc(SOOO)c(/N=N/c3ccc(S(=O)(=O)CCOSOOO)cc3)c(O)c12. The number of hydrogen-bond donors (Lipinski definition) is 6. The minimum Gasteiger partial charge on any atom is -0.505 e. The molecule has 4 aromatic rings. The average molecular weight is 904 g/mol. The number of fused-ring (bicyclic) bond motifs is 1. The van der Waals surface area contributed by atoms with Gasteiger partial charge in [-0.25, -0.2) is 31.5 Å². The second-order valence-corrected chi connectivity index (χ2v) is 18.3. The molecule has 0 aliphatic rings. The molecule has 0 heterocycles. The van der Waals surface area contributed by atoms with E-state index in [-0.39, 0.29) is 67.8 Å². The number of anilines is 1. The van der Waals surface area contributed by atoms with Crippen LogP contribution in [0.4, 0.5) is 28.4 Å². The lowest BCUT2D eigenvalue weighted by atomic mass is 10.1. The van der Waals surface area contributed by atoms with Crippen molar-refractivity contribution < 1.29 is 85.5 Å². The van der Waals surface area contributed by atoms with Gasteiger partial charge in [-0.1, -0.05) is 10.1 Å². The molecule has 0 amide bonds. The smallest absolute Gasteiger partial charge is 0.397 e. The average Bonchev–Trinajstić information content (AvgIpc) is 3.12. The molecule has 0 atom stereocenters. The summed E-state index contributed by atoms with van der Waals surface area (Å²) in [6, 6.07) is 11.3. The summed E-state index contributed by atoms with van der Waals surface area (Å²) >= 11 is 0.478. The molecule has 24 nitrogen and oxygen atoms in total. The number of rotatable bonds is 20. The maximum absolute atomic E-state index is 12.6. The number of aromatic hydroxyl groups is 1. The summed E-state index contributed by atoms with van der Waals surface area (Å²) in [5.41, 5.74) is 4.63. The van der Waals surface area contributed by atoms with Gasteiger partial charge in [0, 0.05) is 0 Å². The fourth-order valence-electron chi connectivity index (χ4n) is 4.37. The van der Waals surface area contributed by atoms with Crippen molar-refractivity contribution in [2.45, 2.75) is 19.6 Å². The molecular formula is C26H25N5O19S6. The molecule has 0 unspecified atom stereocenters.